The van der Waals surface area contributed by atoms with E-state index in [0.29, 0.717) is 51.1 Å². The van der Waals surface area contributed by atoms with Gasteiger partial charge in [0.2, 0.25) is 0 Å². The lowest BCUT2D eigenvalue weighted by molar-refractivity contribution is -0.114. The van der Waals surface area contributed by atoms with Gasteiger partial charge in [-0.3, -0.25) is 9.69 Å². The van der Waals surface area contributed by atoms with Crippen molar-refractivity contribution in [2.45, 2.75) is 25.8 Å². The zero-order valence-corrected chi connectivity index (χ0v) is 24.7. The number of nitrogens with one attached hydrogen (secondary N) is 2. The fraction of sp³-hybridized carbons (Fsp3) is 0.258. The van der Waals surface area contributed by atoms with Crippen LogP contribution in [0, 0.1) is 6.92 Å². The Balaban J connectivity index is 1.28. The van der Waals surface area contributed by atoms with E-state index in [2.05, 4.69) is 30.7 Å². The molecule has 3 aromatic heterocycles. The van der Waals surface area contributed by atoms with Crippen LogP contribution in [0.25, 0.3) is 16.6 Å². The molecule has 1 saturated heterocycles. The molecule has 13 heteroatoms. The molecule has 0 aliphatic carbocycles. The van der Waals surface area contributed by atoms with Gasteiger partial charge in [0.25, 0.3) is 5.91 Å². The number of hydrogen-bond acceptors (Lipinski definition) is 10. The molecule has 44 heavy (non-hydrogen) atoms. The summed E-state index contributed by atoms with van der Waals surface area (Å²) < 4.78 is 33.8. The summed E-state index contributed by atoms with van der Waals surface area (Å²) in [4.78, 5) is 28.0. The Hall–Kier alpha value is -5.30. The third-order valence-corrected chi connectivity index (χ3v) is 7.54. The molecular formula is C31H31FN8O4. The first-order valence-corrected chi connectivity index (χ1v) is 14.0. The van der Waals surface area contributed by atoms with Crippen molar-refractivity contribution in [2.75, 3.05) is 38.4 Å². The fourth-order valence-electron chi connectivity index (χ4n) is 5.17. The second-order valence-corrected chi connectivity index (χ2v) is 10.4. The van der Waals surface area contributed by atoms with E-state index in [0.717, 1.165) is 24.9 Å². The van der Waals surface area contributed by atoms with E-state index in [1.807, 2.05) is 24.9 Å². The number of hydrogen-bond donors (Lipinski definition) is 2. The van der Waals surface area contributed by atoms with Crippen molar-refractivity contribution in [3.8, 4) is 23.0 Å². The van der Waals surface area contributed by atoms with Crippen LogP contribution in [0.15, 0.2) is 67.2 Å². The maximum absolute atomic E-state index is 14.9. The predicted octanol–water partition coefficient (Wildman–Crippen LogP) is 5.42. The number of carbonyl (C=O) groups is 1. The number of amides is 1. The third-order valence-electron chi connectivity index (χ3n) is 7.54. The van der Waals surface area contributed by atoms with E-state index < -0.39 is 11.7 Å². The highest BCUT2D eigenvalue weighted by molar-refractivity contribution is 6.05. The Kier molecular flexibility index (Phi) is 7.94. The number of halogens is 1. The number of methoxy groups -OCH3 is 2. The van der Waals surface area contributed by atoms with Gasteiger partial charge < -0.3 is 24.8 Å². The molecule has 0 bridgehead atoms. The second kappa shape index (κ2) is 12.1. The van der Waals surface area contributed by atoms with Gasteiger partial charge in [-0.15, -0.1) is 0 Å². The van der Waals surface area contributed by atoms with Crippen molar-refractivity contribution in [1.29, 1.82) is 0 Å². The Morgan fingerprint density at radius 1 is 1.07 bits per heavy atom. The number of aromatic nitrogens is 5. The molecule has 1 atom stereocenters. The average molecular weight is 599 g/mol. The molecule has 2 aromatic carbocycles. The zero-order chi connectivity index (χ0) is 30.8. The molecule has 1 aliphatic heterocycles. The molecule has 226 valence electrons. The van der Waals surface area contributed by atoms with Gasteiger partial charge in [-0.2, -0.15) is 5.10 Å². The Labute approximate surface area is 252 Å². The number of ether oxygens (including phenoxy) is 3. The molecule has 0 saturated carbocycles. The molecule has 1 unspecified atom stereocenters. The molecule has 5 aromatic rings. The molecule has 0 radical (unpaired) electrons. The first kappa shape index (κ1) is 28.8. The van der Waals surface area contributed by atoms with Crippen LogP contribution in [-0.2, 0) is 4.79 Å². The highest BCUT2D eigenvalue weighted by atomic mass is 19.1. The Morgan fingerprint density at radius 3 is 2.66 bits per heavy atom. The zero-order valence-electron chi connectivity index (χ0n) is 24.7. The van der Waals surface area contributed by atoms with Gasteiger partial charge in [0.05, 0.1) is 49.7 Å². The first-order valence-electron chi connectivity index (χ1n) is 14.0. The number of likely N-dealkylation sites (tertiary alicyclic amines) is 1. The van der Waals surface area contributed by atoms with Crippen LogP contribution < -0.4 is 24.8 Å². The largest absolute Gasteiger partial charge is 0.494 e. The minimum Gasteiger partial charge on any atom is -0.494 e. The van der Waals surface area contributed by atoms with E-state index >= 15 is 0 Å². The van der Waals surface area contributed by atoms with Gasteiger partial charge >= 0.3 is 0 Å². The van der Waals surface area contributed by atoms with Gasteiger partial charge in [0, 0.05) is 29.6 Å². The van der Waals surface area contributed by atoms with E-state index in [1.54, 1.807) is 54.5 Å². The van der Waals surface area contributed by atoms with E-state index in [1.165, 1.54) is 19.5 Å². The van der Waals surface area contributed by atoms with Crippen LogP contribution in [0.4, 0.5) is 21.6 Å². The van der Waals surface area contributed by atoms with Gasteiger partial charge in [-0.05, 0) is 57.1 Å². The standard InChI is InChI=1S/C31H31FN8O4/c1-18-10-24(28(43-4)14-26(18)44-20-15-33-29-7-8-36-40(29)16-20)37-30-21-12-25(27(42-3)13-23(21)34-17-35-30)38-31(41)22(32)11-19-6-5-9-39(19)2/h7-8,10-17,19H,5-6,9H2,1-4H3,(H,38,41)(H,34,35,37)/b22-11+. The summed E-state index contributed by atoms with van der Waals surface area (Å²) in [5, 5.41) is 10.7. The predicted molar refractivity (Wildman–Crippen MR) is 164 cm³/mol. The number of nitrogens with zero attached hydrogens (tertiary/aromatic N) is 6. The normalized spacial score (nSPS) is 15.5. The minimum atomic E-state index is -0.857. The SMILES string of the molecule is COc1cc2ncnc(Nc3cc(C)c(Oc4cnc5ccnn5c4)cc3OC)c2cc1NC(=O)/C(F)=C\C1CCCN1C. The van der Waals surface area contributed by atoms with Crippen molar-refractivity contribution in [3.63, 3.8) is 0 Å². The van der Waals surface area contributed by atoms with Gasteiger partial charge in [0.15, 0.2) is 17.2 Å². The lowest BCUT2D eigenvalue weighted by Gasteiger charge is -2.17. The lowest BCUT2D eigenvalue weighted by Crippen LogP contribution is -2.24. The third kappa shape index (κ3) is 5.81. The summed E-state index contributed by atoms with van der Waals surface area (Å²) in [6, 6.07) is 8.63. The molecule has 1 aliphatic rings. The number of rotatable bonds is 9. The van der Waals surface area contributed by atoms with Crippen molar-refractivity contribution in [3.05, 3.63) is 72.7 Å². The number of anilines is 3. The molecule has 1 fully saturated rings. The summed E-state index contributed by atoms with van der Waals surface area (Å²) >= 11 is 0. The van der Waals surface area contributed by atoms with Crippen LogP contribution in [0.1, 0.15) is 18.4 Å². The van der Waals surface area contributed by atoms with Crippen molar-refractivity contribution >= 4 is 39.6 Å². The summed E-state index contributed by atoms with van der Waals surface area (Å²) in [6.45, 7) is 2.77. The second-order valence-electron chi connectivity index (χ2n) is 10.4. The van der Waals surface area contributed by atoms with Crippen molar-refractivity contribution < 1.29 is 23.4 Å². The summed E-state index contributed by atoms with van der Waals surface area (Å²) in [7, 11) is 4.94. The maximum Gasteiger partial charge on any atom is 0.284 e. The summed E-state index contributed by atoms with van der Waals surface area (Å²) in [6.07, 6.45) is 9.57. The molecule has 4 heterocycles. The van der Waals surface area contributed by atoms with Crippen LogP contribution in [0.3, 0.4) is 0 Å². The topological polar surface area (TPSA) is 128 Å². The van der Waals surface area contributed by atoms with Crippen LogP contribution >= 0.6 is 0 Å². The smallest absolute Gasteiger partial charge is 0.284 e. The molecule has 6 rings (SSSR count). The lowest BCUT2D eigenvalue weighted by atomic mass is 10.1. The summed E-state index contributed by atoms with van der Waals surface area (Å²) in [5.74, 6) is 0.647. The molecule has 0 spiro atoms. The van der Waals surface area contributed by atoms with Crippen molar-refractivity contribution in [2.24, 2.45) is 0 Å². The number of carbonyl (C=O) groups excluding carboxylic acids is 1. The van der Waals surface area contributed by atoms with E-state index in [9.17, 15) is 9.18 Å². The monoisotopic (exact) mass is 598 g/mol. The highest BCUT2D eigenvalue weighted by Gasteiger charge is 2.22. The number of benzene rings is 2. The van der Waals surface area contributed by atoms with Gasteiger partial charge in [-0.1, -0.05) is 0 Å². The number of fused-ring (bicyclic) bond motifs is 2. The maximum atomic E-state index is 14.9. The Morgan fingerprint density at radius 2 is 1.89 bits per heavy atom. The van der Waals surface area contributed by atoms with E-state index in [-0.39, 0.29) is 11.7 Å². The van der Waals surface area contributed by atoms with E-state index in [4.69, 9.17) is 14.2 Å². The Bertz CT molecular complexity index is 1890. The first-order chi connectivity index (χ1) is 21.3. The highest BCUT2D eigenvalue weighted by Crippen LogP contribution is 2.38. The molecule has 1 amide bonds. The number of aryl methyl sites for hydroxylation is 1. The molecular weight excluding hydrogens is 567 g/mol. The minimum absolute atomic E-state index is 0.115. The molecule has 12 nitrogen and oxygen atoms in total. The van der Waals surface area contributed by atoms with Crippen LogP contribution in [0.5, 0.6) is 23.0 Å². The molecule has 2 N–H and O–H groups in total. The van der Waals surface area contributed by atoms with Crippen molar-refractivity contribution in [1.82, 2.24) is 29.5 Å². The fourth-order valence-corrected chi connectivity index (χ4v) is 5.17. The quantitative estimate of drug-likeness (QED) is 0.212. The van der Waals surface area contributed by atoms with Crippen LogP contribution in [0.2, 0.25) is 0 Å². The van der Waals surface area contributed by atoms with Gasteiger partial charge in [-0.25, -0.2) is 23.9 Å². The summed E-state index contributed by atoms with van der Waals surface area (Å²) in [5.41, 5.74) is 2.98. The number of likely N-dealkylation sites (N-methyl/N-ethyl adjacent to an activating group) is 1. The van der Waals surface area contributed by atoms with Crippen LogP contribution in [-0.4, -0.2) is 69.2 Å². The average Bonchev–Trinajstić information content (AvgIpc) is 3.66. The van der Waals surface area contributed by atoms with Gasteiger partial charge in [0.1, 0.15) is 29.4 Å².